The molecule has 78 valence electrons. The highest BCUT2D eigenvalue weighted by Gasteiger charge is 2.42. The molecule has 1 heterocycles. The van der Waals surface area contributed by atoms with Gasteiger partial charge in [-0.1, -0.05) is 6.92 Å². The Balaban J connectivity index is 2.66. The number of hydrogen-bond acceptors (Lipinski definition) is 5. The van der Waals surface area contributed by atoms with Gasteiger partial charge in [-0.05, 0) is 6.42 Å². The van der Waals surface area contributed by atoms with Crippen LogP contribution in [0.15, 0.2) is 0 Å². The van der Waals surface area contributed by atoms with E-state index in [-0.39, 0.29) is 0 Å². The third kappa shape index (κ3) is 2.00. The minimum atomic E-state index is -1.20. The maximum atomic E-state index is 9.43. The van der Waals surface area contributed by atoms with Crippen molar-refractivity contribution in [3.63, 3.8) is 0 Å². The molecule has 0 spiro atoms. The molecule has 0 bridgehead atoms. The van der Waals surface area contributed by atoms with Gasteiger partial charge in [-0.15, -0.1) is 0 Å². The SMILES string of the molecule is CC[C@H]1O[C@@H](OC)[C@H](O)[C@@H](O)[C@H]1O. The number of methoxy groups -OCH3 is 1. The van der Waals surface area contributed by atoms with Gasteiger partial charge in [0.2, 0.25) is 0 Å². The van der Waals surface area contributed by atoms with Crippen molar-refractivity contribution in [3.05, 3.63) is 0 Å². The van der Waals surface area contributed by atoms with E-state index in [4.69, 9.17) is 9.47 Å². The largest absolute Gasteiger partial charge is 0.388 e. The van der Waals surface area contributed by atoms with E-state index in [1.165, 1.54) is 7.11 Å². The van der Waals surface area contributed by atoms with Crippen molar-refractivity contribution in [2.45, 2.75) is 44.1 Å². The number of aliphatic hydroxyl groups is 3. The van der Waals surface area contributed by atoms with Crippen LogP contribution in [0.25, 0.3) is 0 Å². The summed E-state index contributed by atoms with van der Waals surface area (Å²) in [6.45, 7) is 1.82. The molecule has 0 aromatic carbocycles. The minimum absolute atomic E-state index is 0.483. The van der Waals surface area contributed by atoms with Crippen molar-refractivity contribution >= 4 is 0 Å². The molecule has 0 radical (unpaired) electrons. The van der Waals surface area contributed by atoms with Crippen molar-refractivity contribution in [1.29, 1.82) is 0 Å². The van der Waals surface area contributed by atoms with Crippen LogP contribution in [0.2, 0.25) is 0 Å². The van der Waals surface area contributed by atoms with Crippen LogP contribution in [0.5, 0.6) is 0 Å². The van der Waals surface area contributed by atoms with Crippen molar-refractivity contribution in [3.8, 4) is 0 Å². The highest BCUT2D eigenvalue weighted by molar-refractivity contribution is 4.88. The Labute approximate surface area is 76.9 Å². The molecule has 1 aliphatic heterocycles. The molecule has 3 N–H and O–H groups in total. The summed E-state index contributed by atoms with van der Waals surface area (Å²) in [5.41, 5.74) is 0. The van der Waals surface area contributed by atoms with Crippen LogP contribution in [0.1, 0.15) is 13.3 Å². The van der Waals surface area contributed by atoms with Gasteiger partial charge in [-0.25, -0.2) is 0 Å². The lowest BCUT2D eigenvalue weighted by Gasteiger charge is -2.39. The second kappa shape index (κ2) is 4.34. The first kappa shape index (κ1) is 10.9. The second-order valence-electron chi connectivity index (χ2n) is 3.16. The van der Waals surface area contributed by atoms with Gasteiger partial charge in [0.25, 0.3) is 0 Å². The Kier molecular flexibility index (Phi) is 3.63. The summed E-state index contributed by atoms with van der Waals surface area (Å²) in [5, 5.41) is 28.2. The zero-order valence-electron chi connectivity index (χ0n) is 7.75. The summed E-state index contributed by atoms with van der Waals surface area (Å²) >= 11 is 0. The summed E-state index contributed by atoms with van der Waals surface area (Å²) in [7, 11) is 1.38. The van der Waals surface area contributed by atoms with Crippen LogP contribution in [-0.2, 0) is 9.47 Å². The Morgan fingerprint density at radius 3 is 2.23 bits per heavy atom. The summed E-state index contributed by atoms with van der Waals surface area (Å²) in [6, 6.07) is 0. The minimum Gasteiger partial charge on any atom is -0.388 e. The molecule has 5 heteroatoms. The fourth-order valence-corrected chi connectivity index (χ4v) is 1.45. The zero-order valence-corrected chi connectivity index (χ0v) is 7.75. The van der Waals surface area contributed by atoms with Crippen molar-refractivity contribution in [2.75, 3.05) is 7.11 Å². The standard InChI is InChI=1S/C8H16O5/c1-3-4-5(9)6(10)7(11)8(12-2)13-4/h4-11H,3H2,1-2H3/t4-,5+,6+,7-,8-/m1/s1. The molecule has 0 aliphatic carbocycles. The highest BCUT2D eigenvalue weighted by atomic mass is 16.7. The van der Waals surface area contributed by atoms with E-state index in [0.717, 1.165) is 0 Å². The summed E-state index contributed by atoms with van der Waals surface area (Å²) < 4.78 is 10.0. The van der Waals surface area contributed by atoms with E-state index in [1.54, 1.807) is 0 Å². The van der Waals surface area contributed by atoms with Gasteiger partial charge < -0.3 is 24.8 Å². The molecular formula is C8H16O5. The number of ether oxygens (including phenoxy) is 2. The zero-order chi connectivity index (χ0) is 10.0. The van der Waals surface area contributed by atoms with Gasteiger partial charge in [0.05, 0.1) is 6.10 Å². The maximum absolute atomic E-state index is 9.43. The van der Waals surface area contributed by atoms with Crippen molar-refractivity contribution < 1.29 is 24.8 Å². The summed E-state index contributed by atoms with van der Waals surface area (Å²) in [4.78, 5) is 0. The predicted octanol–water partition coefficient (Wildman–Crippen LogP) is -1.15. The van der Waals surface area contributed by atoms with E-state index >= 15 is 0 Å². The second-order valence-corrected chi connectivity index (χ2v) is 3.16. The van der Waals surface area contributed by atoms with Gasteiger partial charge in [-0.3, -0.25) is 0 Å². The molecule has 0 aromatic rings. The van der Waals surface area contributed by atoms with Crippen LogP contribution in [0.3, 0.4) is 0 Å². The quantitative estimate of drug-likeness (QED) is 0.515. The molecule has 5 atom stereocenters. The maximum Gasteiger partial charge on any atom is 0.186 e. The molecule has 0 amide bonds. The van der Waals surface area contributed by atoms with Crippen molar-refractivity contribution in [1.82, 2.24) is 0 Å². The molecule has 0 aromatic heterocycles. The molecule has 1 rings (SSSR count). The average Bonchev–Trinajstić information content (AvgIpc) is 2.15. The summed E-state index contributed by atoms with van der Waals surface area (Å²) in [5.74, 6) is 0. The van der Waals surface area contributed by atoms with Crippen LogP contribution < -0.4 is 0 Å². The van der Waals surface area contributed by atoms with Crippen LogP contribution in [0, 0.1) is 0 Å². The topological polar surface area (TPSA) is 79.2 Å². The van der Waals surface area contributed by atoms with Gasteiger partial charge >= 0.3 is 0 Å². The molecule has 5 nitrogen and oxygen atoms in total. The van der Waals surface area contributed by atoms with Gasteiger partial charge in [0, 0.05) is 7.11 Å². The Morgan fingerprint density at radius 2 is 1.77 bits per heavy atom. The van der Waals surface area contributed by atoms with E-state index in [0.29, 0.717) is 6.42 Å². The van der Waals surface area contributed by atoms with E-state index < -0.39 is 30.7 Å². The van der Waals surface area contributed by atoms with Gasteiger partial charge in [0.15, 0.2) is 6.29 Å². The Bertz CT molecular complexity index is 143. The molecule has 1 aliphatic rings. The van der Waals surface area contributed by atoms with E-state index in [2.05, 4.69) is 0 Å². The van der Waals surface area contributed by atoms with Gasteiger partial charge in [-0.2, -0.15) is 0 Å². The average molecular weight is 192 g/mol. The molecular weight excluding hydrogens is 176 g/mol. The molecule has 13 heavy (non-hydrogen) atoms. The Morgan fingerprint density at radius 1 is 1.15 bits per heavy atom. The lowest BCUT2D eigenvalue weighted by molar-refractivity contribution is -0.290. The number of rotatable bonds is 2. The third-order valence-corrected chi connectivity index (χ3v) is 2.30. The first-order valence-corrected chi connectivity index (χ1v) is 4.34. The monoisotopic (exact) mass is 192 g/mol. The van der Waals surface area contributed by atoms with E-state index in [9.17, 15) is 15.3 Å². The first-order valence-electron chi connectivity index (χ1n) is 4.34. The van der Waals surface area contributed by atoms with Crippen LogP contribution >= 0.6 is 0 Å². The lowest BCUT2D eigenvalue weighted by Crippen LogP contribution is -2.57. The third-order valence-electron chi connectivity index (χ3n) is 2.30. The fraction of sp³-hybridized carbons (Fsp3) is 1.00. The highest BCUT2D eigenvalue weighted by Crippen LogP contribution is 2.23. The Hall–Kier alpha value is -0.200. The fourth-order valence-electron chi connectivity index (χ4n) is 1.45. The predicted molar refractivity (Wildman–Crippen MR) is 44.0 cm³/mol. The van der Waals surface area contributed by atoms with Crippen LogP contribution in [0.4, 0.5) is 0 Å². The van der Waals surface area contributed by atoms with Crippen molar-refractivity contribution in [2.24, 2.45) is 0 Å². The van der Waals surface area contributed by atoms with Gasteiger partial charge in [0.1, 0.15) is 18.3 Å². The molecule has 0 unspecified atom stereocenters. The number of hydrogen-bond donors (Lipinski definition) is 3. The molecule has 0 saturated carbocycles. The summed E-state index contributed by atoms with van der Waals surface area (Å²) in [6.07, 6.45) is -4.23. The molecule has 1 fully saturated rings. The van der Waals surface area contributed by atoms with Crippen LogP contribution in [-0.4, -0.2) is 53.1 Å². The van der Waals surface area contributed by atoms with E-state index in [1.807, 2.05) is 6.92 Å². The lowest BCUT2D eigenvalue weighted by atomic mass is 9.97. The first-order chi connectivity index (χ1) is 6.11. The number of aliphatic hydroxyl groups excluding tert-OH is 3. The smallest absolute Gasteiger partial charge is 0.186 e. The normalized spacial score (nSPS) is 46.4. The molecule has 1 saturated heterocycles.